The second-order valence-electron chi connectivity index (χ2n) is 4.10. The van der Waals surface area contributed by atoms with E-state index in [9.17, 15) is 0 Å². The minimum absolute atomic E-state index is 0.226. The number of thioether (sulfide) groups is 1. The number of nitrogens with one attached hydrogen (secondary N) is 1. The first-order valence-corrected chi connectivity index (χ1v) is 7.50. The minimum atomic E-state index is 0.226. The minimum Gasteiger partial charge on any atom is -0.497 e. The summed E-state index contributed by atoms with van der Waals surface area (Å²) in [6, 6.07) is 6.11. The molecule has 1 atom stereocenters. The first-order chi connectivity index (χ1) is 9.26. The van der Waals surface area contributed by atoms with Crippen molar-refractivity contribution in [3.63, 3.8) is 0 Å². The fourth-order valence-electron chi connectivity index (χ4n) is 1.80. The van der Waals surface area contributed by atoms with Crippen molar-refractivity contribution in [1.29, 1.82) is 0 Å². The van der Waals surface area contributed by atoms with Crippen molar-refractivity contribution in [2.45, 2.75) is 12.5 Å². The van der Waals surface area contributed by atoms with Crippen LogP contribution in [-0.4, -0.2) is 44.5 Å². The molecule has 0 saturated carbocycles. The largest absolute Gasteiger partial charge is 0.497 e. The SMILES string of the molecule is CNC(CSCCCO)c1ccc(OC)cc1OC. The fraction of sp³-hybridized carbons (Fsp3) is 0.571. The number of aliphatic hydroxyl groups excluding tert-OH is 1. The standard InChI is InChI=1S/C14H23NO3S/c1-15-13(10-19-8-4-7-16)12-6-5-11(17-2)9-14(12)18-3/h5-6,9,13,15-16H,4,7-8,10H2,1-3H3. The van der Waals surface area contributed by atoms with Crippen LogP contribution in [0.4, 0.5) is 0 Å². The lowest BCUT2D eigenvalue weighted by Crippen LogP contribution is -2.19. The van der Waals surface area contributed by atoms with Crippen LogP contribution in [0, 0.1) is 0 Å². The van der Waals surface area contributed by atoms with Crippen LogP contribution in [0.5, 0.6) is 11.5 Å². The van der Waals surface area contributed by atoms with Crippen LogP contribution in [-0.2, 0) is 0 Å². The second-order valence-corrected chi connectivity index (χ2v) is 5.25. The molecule has 108 valence electrons. The predicted molar refractivity (Wildman–Crippen MR) is 80.4 cm³/mol. The Labute approximate surface area is 119 Å². The number of aliphatic hydroxyl groups is 1. The van der Waals surface area contributed by atoms with Crippen molar-refractivity contribution in [2.75, 3.05) is 39.4 Å². The Morgan fingerprint density at radius 1 is 1.32 bits per heavy atom. The zero-order valence-electron chi connectivity index (χ0n) is 11.8. The van der Waals surface area contributed by atoms with E-state index in [2.05, 4.69) is 5.32 Å². The molecule has 0 amide bonds. The Hall–Kier alpha value is -0.910. The third-order valence-electron chi connectivity index (χ3n) is 2.90. The van der Waals surface area contributed by atoms with Crippen LogP contribution >= 0.6 is 11.8 Å². The summed E-state index contributed by atoms with van der Waals surface area (Å²) in [6.07, 6.45) is 0.834. The molecule has 1 unspecified atom stereocenters. The Morgan fingerprint density at radius 2 is 2.11 bits per heavy atom. The van der Waals surface area contributed by atoms with Crippen molar-refractivity contribution in [1.82, 2.24) is 5.32 Å². The summed E-state index contributed by atoms with van der Waals surface area (Å²) in [5.41, 5.74) is 1.13. The molecule has 0 radical (unpaired) electrons. The highest BCUT2D eigenvalue weighted by atomic mass is 32.2. The fourth-order valence-corrected chi connectivity index (χ4v) is 2.88. The predicted octanol–water partition coefficient (Wildman–Crippen LogP) is 2.08. The van der Waals surface area contributed by atoms with Gasteiger partial charge in [0.1, 0.15) is 11.5 Å². The van der Waals surface area contributed by atoms with Gasteiger partial charge < -0.3 is 19.9 Å². The molecule has 0 spiro atoms. The summed E-state index contributed by atoms with van der Waals surface area (Å²) >= 11 is 1.83. The Bertz CT molecular complexity index is 374. The first kappa shape index (κ1) is 16.1. The van der Waals surface area contributed by atoms with E-state index in [0.717, 1.165) is 35.0 Å². The molecule has 1 rings (SSSR count). The summed E-state index contributed by atoms with van der Waals surface area (Å²) < 4.78 is 10.6. The molecular weight excluding hydrogens is 262 g/mol. The van der Waals surface area contributed by atoms with Gasteiger partial charge in [0.25, 0.3) is 0 Å². The van der Waals surface area contributed by atoms with Crippen molar-refractivity contribution >= 4 is 11.8 Å². The summed E-state index contributed by atoms with van der Waals surface area (Å²) in [6.45, 7) is 0.253. The van der Waals surface area contributed by atoms with Gasteiger partial charge in [-0.05, 0) is 25.3 Å². The molecule has 0 aliphatic rings. The Balaban J connectivity index is 2.73. The van der Waals surface area contributed by atoms with Crippen LogP contribution in [0.15, 0.2) is 18.2 Å². The van der Waals surface area contributed by atoms with Crippen molar-refractivity contribution in [3.05, 3.63) is 23.8 Å². The lowest BCUT2D eigenvalue weighted by molar-refractivity contribution is 0.296. The summed E-state index contributed by atoms with van der Waals surface area (Å²) in [5.74, 6) is 3.54. The average Bonchev–Trinajstić information content (AvgIpc) is 2.47. The molecule has 1 aromatic rings. The number of ether oxygens (including phenoxy) is 2. The summed E-state index contributed by atoms with van der Waals surface area (Å²) in [5, 5.41) is 12.1. The van der Waals surface area contributed by atoms with Gasteiger partial charge in [-0.2, -0.15) is 11.8 Å². The molecule has 0 aromatic heterocycles. The molecule has 0 aliphatic carbocycles. The summed E-state index contributed by atoms with van der Waals surface area (Å²) in [4.78, 5) is 0. The third-order valence-corrected chi connectivity index (χ3v) is 4.04. The van der Waals surface area contributed by atoms with Crippen LogP contribution in [0.1, 0.15) is 18.0 Å². The highest BCUT2D eigenvalue weighted by Crippen LogP contribution is 2.31. The topological polar surface area (TPSA) is 50.7 Å². The molecule has 2 N–H and O–H groups in total. The number of hydrogen-bond acceptors (Lipinski definition) is 5. The van der Waals surface area contributed by atoms with Gasteiger partial charge in [-0.3, -0.25) is 0 Å². The Morgan fingerprint density at radius 3 is 2.68 bits per heavy atom. The van der Waals surface area contributed by atoms with Gasteiger partial charge in [-0.1, -0.05) is 6.07 Å². The highest BCUT2D eigenvalue weighted by molar-refractivity contribution is 7.99. The molecule has 0 bridgehead atoms. The zero-order valence-corrected chi connectivity index (χ0v) is 12.6. The molecule has 1 aromatic carbocycles. The molecule has 0 saturated heterocycles. The van der Waals surface area contributed by atoms with Crippen LogP contribution in [0.3, 0.4) is 0 Å². The quantitative estimate of drug-likeness (QED) is 0.680. The monoisotopic (exact) mass is 285 g/mol. The van der Waals surface area contributed by atoms with Crippen molar-refractivity contribution < 1.29 is 14.6 Å². The van der Waals surface area contributed by atoms with E-state index in [4.69, 9.17) is 14.6 Å². The van der Waals surface area contributed by atoms with Crippen LogP contribution in [0.2, 0.25) is 0 Å². The number of benzene rings is 1. The van der Waals surface area contributed by atoms with Gasteiger partial charge in [0, 0.05) is 30.0 Å². The third kappa shape index (κ3) is 4.93. The van der Waals surface area contributed by atoms with E-state index >= 15 is 0 Å². The average molecular weight is 285 g/mol. The van der Waals surface area contributed by atoms with E-state index in [1.165, 1.54) is 0 Å². The van der Waals surface area contributed by atoms with E-state index in [0.29, 0.717) is 0 Å². The maximum absolute atomic E-state index is 8.78. The lowest BCUT2D eigenvalue weighted by Gasteiger charge is -2.19. The zero-order chi connectivity index (χ0) is 14.1. The van der Waals surface area contributed by atoms with E-state index in [1.807, 2.05) is 37.0 Å². The first-order valence-electron chi connectivity index (χ1n) is 6.34. The van der Waals surface area contributed by atoms with Gasteiger partial charge in [0.05, 0.1) is 14.2 Å². The number of rotatable bonds is 9. The van der Waals surface area contributed by atoms with Crippen LogP contribution in [0.25, 0.3) is 0 Å². The number of methoxy groups -OCH3 is 2. The highest BCUT2D eigenvalue weighted by Gasteiger charge is 2.15. The second kappa shape index (κ2) is 9.07. The molecule has 5 heteroatoms. The van der Waals surface area contributed by atoms with Gasteiger partial charge in [-0.25, -0.2) is 0 Å². The lowest BCUT2D eigenvalue weighted by atomic mass is 10.1. The maximum atomic E-state index is 8.78. The van der Waals surface area contributed by atoms with Gasteiger partial charge in [-0.15, -0.1) is 0 Å². The summed E-state index contributed by atoms with van der Waals surface area (Å²) in [7, 11) is 5.26. The number of hydrogen-bond donors (Lipinski definition) is 2. The normalized spacial score (nSPS) is 12.2. The van der Waals surface area contributed by atoms with Gasteiger partial charge in [0.15, 0.2) is 0 Å². The molecular formula is C14H23NO3S. The van der Waals surface area contributed by atoms with E-state index in [1.54, 1.807) is 14.2 Å². The van der Waals surface area contributed by atoms with Gasteiger partial charge >= 0.3 is 0 Å². The molecule has 4 nitrogen and oxygen atoms in total. The maximum Gasteiger partial charge on any atom is 0.127 e. The Kier molecular flexibility index (Phi) is 7.70. The smallest absolute Gasteiger partial charge is 0.127 e. The van der Waals surface area contributed by atoms with Crippen LogP contribution < -0.4 is 14.8 Å². The van der Waals surface area contributed by atoms with Crippen molar-refractivity contribution in [3.8, 4) is 11.5 Å². The van der Waals surface area contributed by atoms with E-state index in [-0.39, 0.29) is 12.6 Å². The molecule has 0 heterocycles. The molecule has 0 fully saturated rings. The van der Waals surface area contributed by atoms with E-state index < -0.39 is 0 Å². The van der Waals surface area contributed by atoms with Gasteiger partial charge in [0.2, 0.25) is 0 Å². The molecule has 0 aliphatic heterocycles. The van der Waals surface area contributed by atoms with Crippen molar-refractivity contribution in [2.24, 2.45) is 0 Å². The molecule has 19 heavy (non-hydrogen) atoms.